The number of ether oxygens (including phenoxy) is 2. The maximum atomic E-state index is 12.8. The van der Waals surface area contributed by atoms with Crippen molar-refractivity contribution in [1.29, 1.82) is 0 Å². The smallest absolute Gasteiger partial charge is 0.254 e. The van der Waals surface area contributed by atoms with E-state index in [-0.39, 0.29) is 12.0 Å². The van der Waals surface area contributed by atoms with Crippen LogP contribution in [-0.2, 0) is 0 Å². The normalized spacial score (nSPS) is 19.9. The predicted octanol–water partition coefficient (Wildman–Crippen LogP) is 2.40. The summed E-state index contributed by atoms with van der Waals surface area (Å²) in [6, 6.07) is 5.27. The summed E-state index contributed by atoms with van der Waals surface area (Å²) >= 11 is 0. The van der Waals surface area contributed by atoms with Gasteiger partial charge in [0.2, 0.25) is 0 Å². The van der Waals surface area contributed by atoms with Crippen molar-refractivity contribution in [3.05, 3.63) is 23.8 Å². The largest absolute Gasteiger partial charge is 0.497 e. The van der Waals surface area contributed by atoms with Gasteiger partial charge in [0.1, 0.15) is 11.5 Å². The van der Waals surface area contributed by atoms with Crippen molar-refractivity contribution in [1.82, 2.24) is 9.80 Å². The first-order chi connectivity index (χ1) is 13.1. The quantitative estimate of drug-likeness (QED) is 0.792. The minimum atomic E-state index is -0.252. The van der Waals surface area contributed by atoms with Gasteiger partial charge in [-0.1, -0.05) is 25.7 Å². The third-order valence-corrected chi connectivity index (χ3v) is 5.81. The standard InChI is InChI=1S/C21H32N2O4/c1-26-19-12-17(13-20(14-19)27-2)21(25)23-9-7-22(8-10-23)15-18(24)11-16-5-3-4-6-16/h12-14,16,18,24H,3-11,15H2,1-2H3. The van der Waals surface area contributed by atoms with Crippen molar-refractivity contribution >= 4 is 5.91 Å². The molecule has 1 amide bonds. The molecule has 0 aromatic heterocycles. The molecule has 1 saturated carbocycles. The number of methoxy groups -OCH3 is 2. The Bertz CT molecular complexity index is 600. The van der Waals surface area contributed by atoms with Crippen LogP contribution < -0.4 is 9.47 Å². The molecule has 1 aliphatic heterocycles. The Morgan fingerprint density at radius 3 is 2.22 bits per heavy atom. The van der Waals surface area contributed by atoms with E-state index in [1.807, 2.05) is 4.90 Å². The molecule has 1 aromatic carbocycles. The number of amides is 1. The van der Waals surface area contributed by atoms with Gasteiger partial charge in [-0.25, -0.2) is 0 Å². The van der Waals surface area contributed by atoms with Crippen LogP contribution in [0.4, 0.5) is 0 Å². The number of carbonyl (C=O) groups is 1. The van der Waals surface area contributed by atoms with E-state index in [0.29, 0.717) is 42.6 Å². The number of rotatable bonds is 7. The zero-order valence-electron chi connectivity index (χ0n) is 16.5. The van der Waals surface area contributed by atoms with Crippen molar-refractivity contribution in [2.24, 2.45) is 5.92 Å². The van der Waals surface area contributed by atoms with Crippen molar-refractivity contribution in [2.45, 2.75) is 38.2 Å². The van der Waals surface area contributed by atoms with Crippen LogP contribution >= 0.6 is 0 Å². The van der Waals surface area contributed by atoms with E-state index in [1.54, 1.807) is 32.4 Å². The second-order valence-corrected chi connectivity index (χ2v) is 7.73. The van der Waals surface area contributed by atoms with Crippen LogP contribution in [0, 0.1) is 5.92 Å². The lowest BCUT2D eigenvalue weighted by Crippen LogP contribution is -2.50. The second-order valence-electron chi connectivity index (χ2n) is 7.73. The SMILES string of the molecule is COc1cc(OC)cc(C(=O)N2CCN(CC(O)CC3CCCC3)CC2)c1. The van der Waals surface area contributed by atoms with Crippen LogP contribution in [0.2, 0.25) is 0 Å². The third kappa shape index (κ3) is 5.36. The molecule has 6 heteroatoms. The minimum Gasteiger partial charge on any atom is -0.497 e. The molecule has 1 saturated heterocycles. The molecular weight excluding hydrogens is 344 g/mol. The predicted molar refractivity (Wildman–Crippen MR) is 104 cm³/mol. The van der Waals surface area contributed by atoms with Gasteiger partial charge in [-0.05, 0) is 24.5 Å². The summed E-state index contributed by atoms with van der Waals surface area (Å²) in [5, 5.41) is 10.4. The molecule has 1 heterocycles. The molecule has 1 unspecified atom stereocenters. The van der Waals surface area contributed by atoms with Crippen LogP contribution in [0.3, 0.4) is 0 Å². The zero-order valence-corrected chi connectivity index (χ0v) is 16.5. The zero-order chi connectivity index (χ0) is 19.2. The Hall–Kier alpha value is -1.79. The lowest BCUT2D eigenvalue weighted by atomic mass is 9.99. The Morgan fingerprint density at radius 1 is 1.07 bits per heavy atom. The molecule has 27 heavy (non-hydrogen) atoms. The molecule has 1 N–H and O–H groups in total. The summed E-state index contributed by atoms with van der Waals surface area (Å²) in [4.78, 5) is 17.0. The highest BCUT2D eigenvalue weighted by Crippen LogP contribution is 2.29. The van der Waals surface area contributed by atoms with Crippen molar-refractivity contribution < 1.29 is 19.4 Å². The molecule has 1 atom stereocenters. The number of piperazine rings is 1. The molecule has 3 rings (SSSR count). The first-order valence-corrected chi connectivity index (χ1v) is 10.0. The first kappa shape index (κ1) is 20.0. The third-order valence-electron chi connectivity index (χ3n) is 5.81. The summed E-state index contributed by atoms with van der Waals surface area (Å²) in [7, 11) is 3.16. The molecule has 6 nitrogen and oxygen atoms in total. The van der Waals surface area contributed by atoms with Gasteiger partial charge in [0.05, 0.1) is 20.3 Å². The highest BCUT2D eigenvalue weighted by Gasteiger charge is 2.25. The Kier molecular flexibility index (Phi) is 6.96. The Labute approximate surface area is 162 Å². The van der Waals surface area contributed by atoms with Gasteiger partial charge in [0.25, 0.3) is 5.91 Å². The number of hydrogen-bond acceptors (Lipinski definition) is 5. The maximum absolute atomic E-state index is 12.8. The second kappa shape index (κ2) is 9.42. The molecule has 150 valence electrons. The molecule has 0 spiro atoms. The van der Waals surface area contributed by atoms with Crippen molar-refractivity contribution in [2.75, 3.05) is 46.9 Å². The molecule has 1 aliphatic carbocycles. The van der Waals surface area contributed by atoms with Crippen LogP contribution in [0.15, 0.2) is 18.2 Å². The van der Waals surface area contributed by atoms with Gasteiger partial charge < -0.3 is 19.5 Å². The van der Waals surface area contributed by atoms with Gasteiger partial charge in [-0.2, -0.15) is 0 Å². The molecule has 0 radical (unpaired) electrons. The summed E-state index contributed by atoms with van der Waals surface area (Å²) < 4.78 is 10.5. The van der Waals surface area contributed by atoms with Gasteiger partial charge in [0.15, 0.2) is 0 Å². The Morgan fingerprint density at radius 2 is 1.67 bits per heavy atom. The minimum absolute atomic E-state index is 0.00152. The highest BCUT2D eigenvalue weighted by atomic mass is 16.5. The van der Waals surface area contributed by atoms with Gasteiger partial charge >= 0.3 is 0 Å². The topological polar surface area (TPSA) is 62.2 Å². The number of β-amino-alcohol motifs (C(OH)–C–C–N with tert-alkyl or cyclic N) is 1. The summed E-state index contributed by atoms with van der Waals surface area (Å²) in [6.07, 6.45) is 5.83. The van der Waals surface area contributed by atoms with Gasteiger partial charge in [-0.3, -0.25) is 9.69 Å². The van der Waals surface area contributed by atoms with E-state index in [0.717, 1.165) is 19.5 Å². The summed E-state index contributed by atoms with van der Waals surface area (Å²) in [5.41, 5.74) is 0.584. The average Bonchev–Trinajstić information content (AvgIpc) is 3.20. The van der Waals surface area contributed by atoms with E-state index in [9.17, 15) is 9.90 Å². The molecule has 2 aliphatic rings. The average molecular weight is 376 g/mol. The van der Waals surface area contributed by atoms with Crippen molar-refractivity contribution in [3.8, 4) is 11.5 Å². The van der Waals surface area contributed by atoms with Crippen molar-refractivity contribution in [3.63, 3.8) is 0 Å². The fourth-order valence-electron chi connectivity index (χ4n) is 4.25. The lowest BCUT2D eigenvalue weighted by Gasteiger charge is -2.36. The molecule has 1 aromatic rings. The van der Waals surface area contributed by atoms with E-state index in [2.05, 4.69) is 4.90 Å². The van der Waals surface area contributed by atoms with E-state index < -0.39 is 0 Å². The number of aliphatic hydroxyl groups is 1. The van der Waals surface area contributed by atoms with Crippen LogP contribution in [0.1, 0.15) is 42.5 Å². The number of hydrogen-bond donors (Lipinski definition) is 1. The number of nitrogens with zero attached hydrogens (tertiary/aromatic N) is 2. The molecular formula is C21H32N2O4. The molecule has 2 fully saturated rings. The lowest BCUT2D eigenvalue weighted by molar-refractivity contribution is 0.0482. The van der Waals surface area contributed by atoms with E-state index in [4.69, 9.17) is 9.47 Å². The van der Waals surface area contributed by atoms with Crippen LogP contribution in [-0.4, -0.2) is 73.9 Å². The number of benzene rings is 1. The maximum Gasteiger partial charge on any atom is 0.254 e. The monoisotopic (exact) mass is 376 g/mol. The fraction of sp³-hybridized carbons (Fsp3) is 0.667. The first-order valence-electron chi connectivity index (χ1n) is 10.0. The highest BCUT2D eigenvalue weighted by molar-refractivity contribution is 5.95. The summed E-state index contributed by atoms with van der Waals surface area (Å²) in [5.74, 6) is 1.93. The summed E-state index contributed by atoms with van der Waals surface area (Å²) in [6.45, 7) is 3.66. The van der Waals surface area contributed by atoms with E-state index in [1.165, 1.54) is 25.7 Å². The molecule has 0 bridgehead atoms. The van der Waals surface area contributed by atoms with Crippen LogP contribution in [0.5, 0.6) is 11.5 Å². The fourth-order valence-corrected chi connectivity index (χ4v) is 4.25. The van der Waals surface area contributed by atoms with Gasteiger partial charge in [-0.15, -0.1) is 0 Å². The Balaban J connectivity index is 1.50. The number of aliphatic hydroxyl groups excluding tert-OH is 1. The van der Waals surface area contributed by atoms with Crippen LogP contribution in [0.25, 0.3) is 0 Å². The van der Waals surface area contributed by atoms with E-state index >= 15 is 0 Å². The van der Waals surface area contributed by atoms with Gasteiger partial charge in [0, 0.05) is 44.4 Å². The number of carbonyl (C=O) groups excluding carboxylic acids is 1.